The molecular formula is C7H14FN. The van der Waals surface area contributed by atoms with Crippen LogP contribution in [0.5, 0.6) is 0 Å². The smallest absolute Gasteiger partial charge is 0.0287 e. The third kappa shape index (κ3) is 7.63. The van der Waals surface area contributed by atoms with E-state index < -0.39 is 0 Å². The molecule has 0 aliphatic rings. The Labute approximate surface area is 56.1 Å². The summed E-state index contributed by atoms with van der Waals surface area (Å²) < 4.78 is 11.9. The van der Waals surface area contributed by atoms with Crippen molar-refractivity contribution in [3.63, 3.8) is 0 Å². The first-order valence-electron chi connectivity index (χ1n) is 3.25. The molecule has 0 rings (SSSR count). The predicted molar refractivity (Wildman–Crippen MR) is 37.8 cm³/mol. The zero-order chi connectivity index (χ0) is 7.11. The van der Waals surface area contributed by atoms with Crippen molar-refractivity contribution in [3.8, 4) is 0 Å². The molecule has 0 bridgehead atoms. The third-order valence-electron chi connectivity index (χ3n) is 1.12. The van der Waals surface area contributed by atoms with Crippen molar-refractivity contribution >= 4 is 0 Å². The number of nitrogens with zero attached hydrogens (tertiary/aromatic N) is 1. The molecule has 0 saturated heterocycles. The van der Waals surface area contributed by atoms with Gasteiger partial charge in [-0.05, 0) is 19.3 Å². The monoisotopic (exact) mass is 131 g/mol. The molecule has 0 aromatic heterocycles. The van der Waals surface area contributed by atoms with E-state index >= 15 is 0 Å². The van der Waals surface area contributed by atoms with E-state index in [0.717, 1.165) is 19.3 Å². The normalized spacial score (nSPS) is 10.1. The van der Waals surface area contributed by atoms with Gasteiger partial charge in [0, 0.05) is 13.6 Å². The lowest BCUT2D eigenvalue weighted by Gasteiger charge is -2.01. The van der Waals surface area contributed by atoms with Gasteiger partial charge in [0.05, 0.1) is 0 Å². The first kappa shape index (κ1) is 8.63. The number of allylic oxidation sites excluding steroid dienone is 1. The van der Waals surface area contributed by atoms with Gasteiger partial charge in [0.15, 0.2) is 0 Å². The summed E-state index contributed by atoms with van der Waals surface area (Å²) in [5.41, 5.74) is 0. The number of halogens is 1. The molecule has 0 aliphatic carbocycles. The maximum absolute atomic E-state index is 11.9. The average molecular weight is 131 g/mol. The van der Waals surface area contributed by atoms with Crippen molar-refractivity contribution < 1.29 is 4.48 Å². The van der Waals surface area contributed by atoms with Gasteiger partial charge in [-0.1, -0.05) is 6.08 Å². The fourth-order valence-electron chi connectivity index (χ4n) is 0.618. The molecule has 0 aliphatic heterocycles. The topological polar surface area (TPSA) is 3.24 Å². The molecule has 0 aromatic rings. The second kappa shape index (κ2) is 5.76. The molecule has 0 amide bonds. The molecule has 0 N–H and O–H groups in total. The van der Waals surface area contributed by atoms with Gasteiger partial charge in [0.25, 0.3) is 0 Å². The van der Waals surface area contributed by atoms with Crippen molar-refractivity contribution in [3.05, 3.63) is 12.7 Å². The van der Waals surface area contributed by atoms with E-state index in [1.165, 1.54) is 7.05 Å². The van der Waals surface area contributed by atoms with E-state index in [-0.39, 0.29) is 0 Å². The first-order chi connectivity index (χ1) is 4.27. The number of hydrogen-bond acceptors (Lipinski definition) is 1. The summed E-state index contributed by atoms with van der Waals surface area (Å²) in [5, 5.41) is 0.711. The molecule has 0 heterocycles. The minimum atomic E-state index is 0.536. The molecule has 2 heteroatoms. The second-order valence-electron chi connectivity index (χ2n) is 2.11. The zero-order valence-corrected chi connectivity index (χ0v) is 5.94. The highest BCUT2D eigenvalue weighted by Gasteiger charge is 1.90. The van der Waals surface area contributed by atoms with Gasteiger partial charge in [0.1, 0.15) is 0 Å². The molecular weight excluding hydrogens is 117 g/mol. The van der Waals surface area contributed by atoms with Gasteiger partial charge in [-0.2, -0.15) is 0 Å². The Morgan fingerprint density at radius 1 is 1.56 bits per heavy atom. The summed E-state index contributed by atoms with van der Waals surface area (Å²) in [6.07, 6.45) is 4.81. The van der Waals surface area contributed by atoms with E-state index in [2.05, 4.69) is 6.58 Å². The van der Waals surface area contributed by atoms with Crippen molar-refractivity contribution in [2.45, 2.75) is 19.3 Å². The van der Waals surface area contributed by atoms with Crippen LogP contribution in [-0.2, 0) is 0 Å². The lowest BCUT2D eigenvalue weighted by molar-refractivity contribution is 0.0583. The molecule has 0 unspecified atom stereocenters. The van der Waals surface area contributed by atoms with Crippen molar-refractivity contribution in [1.82, 2.24) is 5.12 Å². The maximum Gasteiger partial charge on any atom is 0.0287 e. The van der Waals surface area contributed by atoms with Crippen LogP contribution in [-0.4, -0.2) is 18.7 Å². The van der Waals surface area contributed by atoms with Crippen LogP contribution in [0.2, 0.25) is 0 Å². The Bertz CT molecular complexity index is 71.3. The number of rotatable bonds is 5. The quantitative estimate of drug-likeness (QED) is 0.314. The SMILES string of the molecule is C=CCCCCN(C)F. The Balaban J connectivity index is 2.82. The lowest BCUT2D eigenvalue weighted by atomic mass is 10.2. The highest BCUT2D eigenvalue weighted by atomic mass is 19.2. The van der Waals surface area contributed by atoms with Crippen LogP contribution in [0.4, 0.5) is 4.48 Å². The van der Waals surface area contributed by atoms with Crippen LogP contribution in [0.15, 0.2) is 12.7 Å². The Morgan fingerprint density at radius 3 is 2.67 bits per heavy atom. The van der Waals surface area contributed by atoms with Crippen LogP contribution < -0.4 is 0 Å². The van der Waals surface area contributed by atoms with E-state index in [4.69, 9.17) is 0 Å². The summed E-state index contributed by atoms with van der Waals surface area (Å²) in [5.74, 6) is 0. The number of hydrogen-bond donors (Lipinski definition) is 0. The van der Waals surface area contributed by atoms with Gasteiger partial charge in [-0.25, -0.2) is 0 Å². The van der Waals surface area contributed by atoms with Crippen LogP contribution >= 0.6 is 0 Å². The summed E-state index contributed by atoms with van der Waals surface area (Å²) >= 11 is 0. The second-order valence-corrected chi connectivity index (χ2v) is 2.11. The maximum atomic E-state index is 11.9. The van der Waals surface area contributed by atoms with E-state index in [0.29, 0.717) is 11.7 Å². The third-order valence-corrected chi connectivity index (χ3v) is 1.12. The fraction of sp³-hybridized carbons (Fsp3) is 0.714. The molecule has 9 heavy (non-hydrogen) atoms. The van der Waals surface area contributed by atoms with Crippen LogP contribution in [0.1, 0.15) is 19.3 Å². The largest absolute Gasteiger partial charge is 0.149 e. The predicted octanol–water partition coefficient (Wildman–Crippen LogP) is 2.16. The van der Waals surface area contributed by atoms with Gasteiger partial charge >= 0.3 is 0 Å². The average Bonchev–Trinajstić information content (AvgIpc) is 1.80. The summed E-state index contributed by atoms with van der Waals surface area (Å²) in [6.45, 7) is 4.11. The Hall–Kier alpha value is -0.370. The van der Waals surface area contributed by atoms with E-state index in [9.17, 15) is 4.48 Å². The highest BCUT2D eigenvalue weighted by Crippen LogP contribution is 1.96. The molecule has 0 spiro atoms. The fourth-order valence-corrected chi connectivity index (χ4v) is 0.618. The van der Waals surface area contributed by atoms with Gasteiger partial charge in [-0.3, -0.25) is 0 Å². The summed E-state index contributed by atoms with van der Waals surface area (Å²) in [4.78, 5) is 0. The molecule has 0 aromatic carbocycles. The van der Waals surface area contributed by atoms with Gasteiger partial charge in [-0.15, -0.1) is 16.2 Å². The first-order valence-corrected chi connectivity index (χ1v) is 3.25. The van der Waals surface area contributed by atoms with Crippen molar-refractivity contribution in [1.29, 1.82) is 0 Å². The standard InChI is InChI=1S/C7H14FN/c1-3-4-5-6-7-9(2)8/h3H,1,4-7H2,2H3. The Kier molecular flexibility index (Phi) is 5.52. The molecule has 1 nitrogen and oxygen atoms in total. The molecule has 0 radical (unpaired) electrons. The molecule has 0 atom stereocenters. The van der Waals surface area contributed by atoms with Crippen LogP contribution in [0.25, 0.3) is 0 Å². The summed E-state index contributed by atoms with van der Waals surface area (Å²) in [7, 11) is 1.44. The summed E-state index contributed by atoms with van der Waals surface area (Å²) in [6, 6.07) is 0. The number of unbranched alkanes of at least 4 members (excludes halogenated alkanes) is 2. The molecule has 0 saturated carbocycles. The Morgan fingerprint density at radius 2 is 2.22 bits per heavy atom. The molecule has 54 valence electrons. The lowest BCUT2D eigenvalue weighted by Crippen LogP contribution is -2.07. The zero-order valence-electron chi connectivity index (χ0n) is 5.94. The van der Waals surface area contributed by atoms with Crippen LogP contribution in [0, 0.1) is 0 Å². The van der Waals surface area contributed by atoms with Crippen LogP contribution in [0.3, 0.4) is 0 Å². The van der Waals surface area contributed by atoms with Gasteiger partial charge in [0.2, 0.25) is 0 Å². The highest BCUT2D eigenvalue weighted by molar-refractivity contribution is 4.65. The van der Waals surface area contributed by atoms with Gasteiger partial charge < -0.3 is 0 Å². The minimum absolute atomic E-state index is 0.536. The van der Waals surface area contributed by atoms with E-state index in [1.807, 2.05) is 6.08 Å². The molecule has 0 fully saturated rings. The van der Waals surface area contributed by atoms with Crippen molar-refractivity contribution in [2.75, 3.05) is 13.6 Å². The van der Waals surface area contributed by atoms with E-state index in [1.54, 1.807) is 0 Å². The minimum Gasteiger partial charge on any atom is -0.149 e. The van der Waals surface area contributed by atoms with Crippen molar-refractivity contribution in [2.24, 2.45) is 0 Å².